The lowest BCUT2D eigenvalue weighted by Crippen LogP contribution is -2.49. The number of amides is 2. The van der Waals surface area contributed by atoms with Crippen LogP contribution in [0.15, 0.2) is 16.5 Å². The lowest BCUT2D eigenvalue weighted by molar-refractivity contribution is -0.138. The molecule has 2 amide bonds. The summed E-state index contributed by atoms with van der Waals surface area (Å²) in [4.78, 5) is 36.4. The van der Waals surface area contributed by atoms with E-state index in [0.29, 0.717) is 17.9 Å². The van der Waals surface area contributed by atoms with Crippen LogP contribution in [0.25, 0.3) is 0 Å². The quantitative estimate of drug-likeness (QED) is 0.858. The van der Waals surface area contributed by atoms with Gasteiger partial charge >= 0.3 is 5.97 Å². The maximum absolute atomic E-state index is 12.3. The Bertz CT molecular complexity index is 643. The molecule has 0 spiro atoms. The molecule has 118 valence electrons. The SMILES string of the molecule is CC12CCC(=O)N1C(C(=O)NCc1ccc(C(=O)O)o1)CS2. The predicted octanol–water partition coefficient (Wildman–Crippen LogP) is 1.05. The molecule has 2 atom stereocenters. The van der Waals surface area contributed by atoms with Crippen molar-refractivity contribution in [2.75, 3.05) is 5.75 Å². The number of nitrogens with one attached hydrogen (secondary N) is 1. The summed E-state index contributed by atoms with van der Waals surface area (Å²) in [6.07, 6.45) is 1.24. The van der Waals surface area contributed by atoms with E-state index in [2.05, 4.69) is 5.32 Å². The van der Waals surface area contributed by atoms with Crippen LogP contribution in [0.4, 0.5) is 0 Å². The van der Waals surface area contributed by atoms with Crippen LogP contribution in [0, 0.1) is 0 Å². The van der Waals surface area contributed by atoms with Crippen LogP contribution in [-0.2, 0) is 16.1 Å². The predicted molar refractivity (Wildman–Crippen MR) is 78.2 cm³/mol. The summed E-state index contributed by atoms with van der Waals surface area (Å²) in [5.74, 6) is -0.594. The van der Waals surface area contributed by atoms with Gasteiger partial charge < -0.3 is 19.7 Å². The number of hydrogen-bond acceptors (Lipinski definition) is 5. The highest BCUT2D eigenvalue weighted by atomic mass is 32.2. The first-order chi connectivity index (χ1) is 10.4. The van der Waals surface area contributed by atoms with Crippen LogP contribution in [0.3, 0.4) is 0 Å². The molecule has 3 heterocycles. The topological polar surface area (TPSA) is 99.9 Å². The second kappa shape index (κ2) is 5.35. The van der Waals surface area contributed by atoms with Gasteiger partial charge in [-0.25, -0.2) is 4.79 Å². The molecule has 2 fully saturated rings. The van der Waals surface area contributed by atoms with Crippen LogP contribution >= 0.6 is 11.8 Å². The molecule has 1 aromatic rings. The van der Waals surface area contributed by atoms with E-state index in [0.717, 1.165) is 6.42 Å². The van der Waals surface area contributed by atoms with Crippen molar-refractivity contribution in [3.05, 3.63) is 23.7 Å². The van der Waals surface area contributed by atoms with Crippen LogP contribution in [0.1, 0.15) is 36.1 Å². The fraction of sp³-hybridized carbons (Fsp3) is 0.500. The number of carboxylic acids is 1. The first-order valence-electron chi connectivity index (χ1n) is 6.96. The molecule has 2 saturated heterocycles. The van der Waals surface area contributed by atoms with Crippen molar-refractivity contribution in [2.45, 2.75) is 37.2 Å². The van der Waals surface area contributed by atoms with Gasteiger partial charge in [-0.3, -0.25) is 9.59 Å². The molecule has 0 radical (unpaired) electrons. The summed E-state index contributed by atoms with van der Waals surface area (Å²) in [5.41, 5.74) is 0. The Labute approximate surface area is 131 Å². The van der Waals surface area contributed by atoms with Gasteiger partial charge in [0.1, 0.15) is 11.8 Å². The molecule has 8 heteroatoms. The highest BCUT2D eigenvalue weighted by Gasteiger charge is 2.52. The maximum Gasteiger partial charge on any atom is 0.371 e. The van der Waals surface area contributed by atoms with Gasteiger partial charge in [0.05, 0.1) is 11.4 Å². The van der Waals surface area contributed by atoms with Crippen molar-refractivity contribution in [3.8, 4) is 0 Å². The zero-order valence-electron chi connectivity index (χ0n) is 12.0. The zero-order chi connectivity index (χ0) is 15.9. The van der Waals surface area contributed by atoms with Gasteiger partial charge in [-0.05, 0) is 25.5 Å². The van der Waals surface area contributed by atoms with Crippen LogP contribution in [0.5, 0.6) is 0 Å². The van der Waals surface area contributed by atoms with Gasteiger partial charge in [-0.2, -0.15) is 0 Å². The van der Waals surface area contributed by atoms with Crippen molar-refractivity contribution in [3.63, 3.8) is 0 Å². The standard InChI is InChI=1S/C14H16N2O5S/c1-14-5-4-11(17)16(14)9(7-22-14)12(18)15-6-8-2-3-10(21-8)13(19)20/h2-3,9H,4-7H2,1H3,(H,15,18)(H,19,20). The highest BCUT2D eigenvalue weighted by Crippen LogP contribution is 2.47. The fourth-order valence-electron chi connectivity index (χ4n) is 2.89. The summed E-state index contributed by atoms with van der Waals surface area (Å²) < 4.78 is 5.09. The van der Waals surface area contributed by atoms with E-state index in [1.54, 1.807) is 16.7 Å². The molecular weight excluding hydrogens is 308 g/mol. The molecule has 3 rings (SSSR count). The number of carbonyl (C=O) groups is 3. The van der Waals surface area contributed by atoms with Crippen LogP contribution in [-0.4, -0.2) is 44.5 Å². The van der Waals surface area contributed by atoms with E-state index in [1.807, 2.05) is 6.92 Å². The third kappa shape index (κ3) is 2.47. The summed E-state index contributed by atoms with van der Waals surface area (Å²) in [6.45, 7) is 2.09. The fourth-order valence-corrected chi connectivity index (χ4v) is 4.33. The molecule has 0 aromatic carbocycles. The Morgan fingerprint density at radius 1 is 1.55 bits per heavy atom. The first kappa shape index (κ1) is 15.0. The number of aromatic carboxylic acids is 1. The molecule has 1 aromatic heterocycles. The summed E-state index contributed by atoms with van der Waals surface area (Å²) in [5, 5.41) is 11.5. The normalized spacial score (nSPS) is 27.0. The number of carbonyl (C=O) groups excluding carboxylic acids is 2. The van der Waals surface area contributed by atoms with Crippen molar-refractivity contribution in [1.82, 2.24) is 10.2 Å². The molecule has 2 N–H and O–H groups in total. The smallest absolute Gasteiger partial charge is 0.371 e. The Hall–Kier alpha value is -1.96. The molecule has 7 nitrogen and oxygen atoms in total. The van der Waals surface area contributed by atoms with Crippen molar-refractivity contribution in [2.24, 2.45) is 0 Å². The average Bonchev–Trinajstić information content (AvgIpc) is 3.13. The lowest BCUT2D eigenvalue weighted by Gasteiger charge is -2.29. The Morgan fingerprint density at radius 2 is 2.32 bits per heavy atom. The monoisotopic (exact) mass is 324 g/mol. The van der Waals surface area contributed by atoms with Gasteiger partial charge in [-0.1, -0.05) is 0 Å². The van der Waals surface area contributed by atoms with E-state index in [9.17, 15) is 14.4 Å². The van der Waals surface area contributed by atoms with E-state index >= 15 is 0 Å². The van der Waals surface area contributed by atoms with Crippen LogP contribution < -0.4 is 5.32 Å². The minimum atomic E-state index is -1.15. The first-order valence-corrected chi connectivity index (χ1v) is 7.95. The second-order valence-corrected chi connectivity index (χ2v) is 7.06. The molecular formula is C14H16N2O5S. The molecule has 2 aliphatic rings. The molecule has 0 aliphatic carbocycles. The molecule has 0 bridgehead atoms. The second-order valence-electron chi connectivity index (χ2n) is 5.55. The molecule has 22 heavy (non-hydrogen) atoms. The number of nitrogens with zero attached hydrogens (tertiary/aromatic N) is 1. The molecule has 0 saturated carbocycles. The minimum absolute atomic E-state index is 0.0128. The Morgan fingerprint density at radius 3 is 3.00 bits per heavy atom. The average molecular weight is 324 g/mol. The lowest BCUT2D eigenvalue weighted by atomic mass is 10.2. The van der Waals surface area contributed by atoms with E-state index in [1.165, 1.54) is 12.1 Å². The minimum Gasteiger partial charge on any atom is -0.475 e. The molecule has 2 unspecified atom stereocenters. The van der Waals surface area contributed by atoms with Gasteiger partial charge in [0.15, 0.2) is 0 Å². The Balaban J connectivity index is 1.62. The summed E-state index contributed by atoms with van der Waals surface area (Å²) in [7, 11) is 0. The van der Waals surface area contributed by atoms with Crippen molar-refractivity contribution >= 4 is 29.5 Å². The van der Waals surface area contributed by atoms with Gasteiger partial charge in [0.25, 0.3) is 0 Å². The highest BCUT2D eigenvalue weighted by molar-refractivity contribution is 8.01. The van der Waals surface area contributed by atoms with Crippen molar-refractivity contribution < 1.29 is 23.9 Å². The molecule has 2 aliphatic heterocycles. The van der Waals surface area contributed by atoms with Gasteiger partial charge in [0.2, 0.25) is 17.6 Å². The van der Waals surface area contributed by atoms with E-state index in [4.69, 9.17) is 9.52 Å². The van der Waals surface area contributed by atoms with E-state index < -0.39 is 12.0 Å². The third-order valence-electron chi connectivity index (χ3n) is 4.06. The summed E-state index contributed by atoms with van der Waals surface area (Å²) >= 11 is 1.63. The zero-order valence-corrected chi connectivity index (χ0v) is 12.8. The maximum atomic E-state index is 12.3. The largest absolute Gasteiger partial charge is 0.475 e. The number of carboxylic acid groups (broad SMARTS) is 1. The number of thioether (sulfide) groups is 1. The van der Waals surface area contributed by atoms with E-state index in [-0.39, 0.29) is 29.0 Å². The summed E-state index contributed by atoms with van der Waals surface area (Å²) in [6, 6.07) is 2.38. The van der Waals surface area contributed by atoms with Gasteiger partial charge in [0, 0.05) is 12.2 Å². The Kier molecular flexibility index (Phi) is 3.64. The number of rotatable bonds is 4. The van der Waals surface area contributed by atoms with Gasteiger partial charge in [-0.15, -0.1) is 11.8 Å². The number of hydrogen-bond donors (Lipinski definition) is 2. The number of furan rings is 1. The third-order valence-corrected chi connectivity index (χ3v) is 5.56. The number of fused-ring (bicyclic) bond motifs is 1. The van der Waals surface area contributed by atoms with Crippen LogP contribution in [0.2, 0.25) is 0 Å². The van der Waals surface area contributed by atoms with Crippen molar-refractivity contribution in [1.29, 1.82) is 0 Å².